The molecule has 0 aromatic carbocycles. The lowest BCUT2D eigenvalue weighted by atomic mass is 10.3. The summed E-state index contributed by atoms with van der Waals surface area (Å²) in [4.78, 5) is 11.1. The maximum absolute atomic E-state index is 4.43. The van der Waals surface area contributed by atoms with Gasteiger partial charge in [-0.15, -0.1) is 0 Å². The van der Waals surface area contributed by atoms with Crippen molar-refractivity contribution in [2.24, 2.45) is 0 Å². The van der Waals surface area contributed by atoms with E-state index in [1.165, 1.54) is 5.56 Å². The standard InChI is InChI=1S/C12H20N4S/c1-3-11-9-13-12(14-10-11)15-5-7-16(8-6-15)17-4-2/h9-10H,3-8H2,1-2H3. The van der Waals surface area contributed by atoms with Gasteiger partial charge in [-0.05, 0) is 12.0 Å². The SMILES string of the molecule is CCSN1CCN(c2ncc(CC)cn2)CC1. The number of hydrogen-bond donors (Lipinski definition) is 0. The molecule has 94 valence electrons. The van der Waals surface area contributed by atoms with E-state index in [9.17, 15) is 0 Å². The van der Waals surface area contributed by atoms with Gasteiger partial charge in [0.05, 0.1) is 0 Å². The van der Waals surface area contributed by atoms with Crippen LogP contribution in [0.4, 0.5) is 5.95 Å². The first-order valence-electron chi connectivity index (χ1n) is 6.27. The molecule has 0 saturated carbocycles. The number of rotatable bonds is 4. The first kappa shape index (κ1) is 12.6. The Labute approximate surface area is 108 Å². The van der Waals surface area contributed by atoms with Crippen LogP contribution >= 0.6 is 11.9 Å². The third kappa shape index (κ3) is 3.33. The normalized spacial score (nSPS) is 17.4. The van der Waals surface area contributed by atoms with E-state index < -0.39 is 0 Å². The van der Waals surface area contributed by atoms with E-state index in [1.807, 2.05) is 24.3 Å². The average molecular weight is 252 g/mol. The van der Waals surface area contributed by atoms with E-state index in [2.05, 4.69) is 33.0 Å². The Morgan fingerprint density at radius 1 is 1.12 bits per heavy atom. The number of aromatic nitrogens is 2. The predicted octanol–water partition coefficient (Wildman–Crippen LogP) is 1.83. The molecule has 1 saturated heterocycles. The van der Waals surface area contributed by atoms with Crippen molar-refractivity contribution in [3.05, 3.63) is 18.0 Å². The Morgan fingerprint density at radius 3 is 2.29 bits per heavy atom. The van der Waals surface area contributed by atoms with Crippen LogP contribution in [0, 0.1) is 0 Å². The molecule has 0 radical (unpaired) electrons. The molecule has 0 atom stereocenters. The Hall–Kier alpha value is -0.810. The van der Waals surface area contributed by atoms with Gasteiger partial charge >= 0.3 is 0 Å². The van der Waals surface area contributed by atoms with Crippen molar-refractivity contribution in [3.8, 4) is 0 Å². The van der Waals surface area contributed by atoms with Gasteiger partial charge in [0.1, 0.15) is 0 Å². The van der Waals surface area contributed by atoms with Crippen molar-refractivity contribution in [2.45, 2.75) is 20.3 Å². The van der Waals surface area contributed by atoms with Crippen LogP contribution in [-0.2, 0) is 6.42 Å². The lowest BCUT2D eigenvalue weighted by molar-refractivity contribution is 0.426. The summed E-state index contributed by atoms with van der Waals surface area (Å²) in [5.74, 6) is 2.03. The summed E-state index contributed by atoms with van der Waals surface area (Å²) in [6.45, 7) is 8.56. The molecule has 0 unspecified atom stereocenters. The van der Waals surface area contributed by atoms with E-state index in [-0.39, 0.29) is 0 Å². The maximum atomic E-state index is 4.43. The fraction of sp³-hybridized carbons (Fsp3) is 0.667. The Balaban J connectivity index is 1.91. The molecule has 0 amide bonds. The maximum Gasteiger partial charge on any atom is 0.225 e. The zero-order chi connectivity index (χ0) is 12.1. The molecule has 1 aromatic rings. The molecule has 2 rings (SSSR count). The van der Waals surface area contributed by atoms with Crippen molar-refractivity contribution in [1.82, 2.24) is 14.3 Å². The third-order valence-corrected chi connectivity index (χ3v) is 3.92. The highest BCUT2D eigenvalue weighted by Gasteiger charge is 2.18. The summed E-state index contributed by atoms with van der Waals surface area (Å²) in [5, 5.41) is 0. The monoisotopic (exact) mass is 252 g/mol. The second-order valence-electron chi connectivity index (χ2n) is 4.08. The van der Waals surface area contributed by atoms with Gasteiger partial charge in [-0.25, -0.2) is 14.3 Å². The van der Waals surface area contributed by atoms with E-state index in [4.69, 9.17) is 0 Å². The molecule has 0 N–H and O–H groups in total. The molecular weight excluding hydrogens is 232 g/mol. The van der Waals surface area contributed by atoms with Gasteiger partial charge in [-0.3, -0.25) is 0 Å². The molecule has 0 bridgehead atoms. The first-order chi connectivity index (χ1) is 8.33. The molecule has 17 heavy (non-hydrogen) atoms. The fourth-order valence-corrected chi connectivity index (χ4v) is 2.68. The van der Waals surface area contributed by atoms with Gasteiger partial charge in [-0.1, -0.05) is 25.8 Å². The lowest BCUT2D eigenvalue weighted by Gasteiger charge is -2.33. The van der Waals surface area contributed by atoms with Crippen molar-refractivity contribution in [1.29, 1.82) is 0 Å². The van der Waals surface area contributed by atoms with Crippen LogP contribution in [0.15, 0.2) is 12.4 Å². The van der Waals surface area contributed by atoms with Gasteiger partial charge in [0.15, 0.2) is 0 Å². The lowest BCUT2D eigenvalue weighted by Crippen LogP contribution is -2.44. The van der Waals surface area contributed by atoms with Crippen LogP contribution in [0.1, 0.15) is 19.4 Å². The Morgan fingerprint density at radius 2 is 1.76 bits per heavy atom. The van der Waals surface area contributed by atoms with Crippen molar-refractivity contribution in [2.75, 3.05) is 36.8 Å². The number of aryl methyl sites for hydroxylation is 1. The molecule has 0 aliphatic carbocycles. The molecule has 2 heterocycles. The minimum absolute atomic E-state index is 0.878. The fourth-order valence-electron chi connectivity index (χ4n) is 1.89. The largest absolute Gasteiger partial charge is 0.338 e. The Kier molecular flexibility index (Phi) is 4.62. The van der Waals surface area contributed by atoms with Gasteiger partial charge in [0.2, 0.25) is 5.95 Å². The van der Waals surface area contributed by atoms with Crippen LogP contribution < -0.4 is 4.90 Å². The Bertz CT molecular complexity index is 333. The molecule has 5 heteroatoms. The highest BCUT2D eigenvalue weighted by atomic mass is 32.2. The second kappa shape index (κ2) is 6.21. The minimum Gasteiger partial charge on any atom is -0.338 e. The number of piperazine rings is 1. The van der Waals surface area contributed by atoms with Gasteiger partial charge in [-0.2, -0.15) is 0 Å². The topological polar surface area (TPSA) is 32.3 Å². The summed E-state index contributed by atoms with van der Waals surface area (Å²) in [6, 6.07) is 0. The minimum atomic E-state index is 0.878. The van der Waals surface area contributed by atoms with Crippen molar-refractivity contribution >= 4 is 17.9 Å². The summed E-state index contributed by atoms with van der Waals surface area (Å²) >= 11 is 1.92. The zero-order valence-corrected chi connectivity index (χ0v) is 11.4. The first-order valence-corrected chi connectivity index (χ1v) is 7.21. The zero-order valence-electron chi connectivity index (χ0n) is 10.6. The second-order valence-corrected chi connectivity index (χ2v) is 5.43. The van der Waals surface area contributed by atoms with Gasteiger partial charge in [0, 0.05) is 44.3 Å². The quantitative estimate of drug-likeness (QED) is 0.763. The molecule has 0 spiro atoms. The smallest absolute Gasteiger partial charge is 0.225 e. The van der Waals surface area contributed by atoms with E-state index in [0.29, 0.717) is 0 Å². The van der Waals surface area contributed by atoms with Crippen LogP contribution in [-0.4, -0.2) is 46.2 Å². The molecule has 1 aliphatic rings. The van der Waals surface area contributed by atoms with Crippen LogP contribution in [0.2, 0.25) is 0 Å². The van der Waals surface area contributed by atoms with Crippen molar-refractivity contribution < 1.29 is 0 Å². The van der Waals surface area contributed by atoms with Crippen LogP contribution in [0.25, 0.3) is 0 Å². The highest BCUT2D eigenvalue weighted by molar-refractivity contribution is 7.96. The average Bonchev–Trinajstić information content (AvgIpc) is 2.40. The van der Waals surface area contributed by atoms with E-state index in [0.717, 1.165) is 44.3 Å². The van der Waals surface area contributed by atoms with E-state index >= 15 is 0 Å². The van der Waals surface area contributed by atoms with Crippen LogP contribution in [0.3, 0.4) is 0 Å². The van der Waals surface area contributed by atoms with Gasteiger partial charge in [0.25, 0.3) is 0 Å². The molecular formula is C12H20N4S. The molecule has 1 aromatic heterocycles. The third-order valence-electron chi connectivity index (χ3n) is 2.93. The molecule has 1 fully saturated rings. The van der Waals surface area contributed by atoms with Gasteiger partial charge < -0.3 is 4.90 Å². The summed E-state index contributed by atoms with van der Waals surface area (Å²) in [6.07, 6.45) is 4.88. The summed E-state index contributed by atoms with van der Waals surface area (Å²) in [5.41, 5.74) is 1.20. The predicted molar refractivity (Wildman–Crippen MR) is 73.3 cm³/mol. The van der Waals surface area contributed by atoms with Crippen molar-refractivity contribution in [3.63, 3.8) is 0 Å². The molecule has 4 nitrogen and oxygen atoms in total. The number of hydrogen-bond acceptors (Lipinski definition) is 5. The molecule has 1 aliphatic heterocycles. The summed E-state index contributed by atoms with van der Waals surface area (Å²) in [7, 11) is 0. The number of anilines is 1. The summed E-state index contributed by atoms with van der Waals surface area (Å²) < 4.78 is 2.43. The van der Waals surface area contributed by atoms with Crippen LogP contribution in [0.5, 0.6) is 0 Å². The van der Waals surface area contributed by atoms with E-state index in [1.54, 1.807) is 0 Å². The highest BCUT2D eigenvalue weighted by Crippen LogP contribution is 2.16. The number of nitrogens with zero attached hydrogens (tertiary/aromatic N) is 4.